The molecule has 1 aromatic carbocycles. The number of hydrogen-bond acceptors (Lipinski definition) is 3. The molecule has 3 nitrogen and oxygen atoms in total. The maximum absolute atomic E-state index is 12.5. The molecule has 0 aromatic heterocycles. The highest BCUT2D eigenvalue weighted by Gasteiger charge is 2.88. The normalized spacial score (nSPS) is 21.8. The third-order valence-electron chi connectivity index (χ3n) is 2.55. The van der Waals surface area contributed by atoms with Crippen LogP contribution in [0.5, 0.6) is 0 Å². The van der Waals surface area contributed by atoms with E-state index in [4.69, 9.17) is 0 Å². The number of benzene rings is 1. The minimum atomic E-state index is -4.62. The lowest BCUT2D eigenvalue weighted by molar-refractivity contribution is -0.0278. The molecule has 1 aliphatic carbocycles. The molecule has 0 saturated heterocycles. The molecule has 1 fully saturated rings. The van der Waals surface area contributed by atoms with Crippen LogP contribution in [0.4, 0.5) is 17.6 Å². The Morgan fingerprint density at radius 3 is 1.89 bits per heavy atom. The Bertz CT molecular complexity index is 551. The largest absolute Gasteiger partial charge is 0.346 e. The van der Waals surface area contributed by atoms with Gasteiger partial charge in [0.25, 0.3) is 10.1 Å². The van der Waals surface area contributed by atoms with E-state index in [-0.39, 0.29) is 0 Å². The van der Waals surface area contributed by atoms with Crippen LogP contribution >= 0.6 is 0 Å². The van der Waals surface area contributed by atoms with E-state index in [1.807, 2.05) is 0 Å². The predicted octanol–water partition coefficient (Wildman–Crippen LogP) is 2.35. The van der Waals surface area contributed by atoms with Gasteiger partial charge in [-0.05, 0) is 19.1 Å². The van der Waals surface area contributed by atoms with Crippen LogP contribution in [0.2, 0.25) is 0 Å². The molecule has 2 rings (SSSR count). The molecule has 0 bridgehead atoms. The molecule has 0 unspecified atom stereocenters. The Hall–Kier alpha value is -1.15. The van der Waals surface area contributed by atoms with Gasteiger partial charge >= 0.3 is 11.8 Å². The first-order valence-electron chi connectivity index (χ1n) is 4.84. The summed E-state index contributed by atoms with van der Waals surface area (Å²) >= 11 is 0. The van der Waals surface area contributed by atoms with Crippen LogP contribution in [-0.2, 0) is 14.3 Å². The molecule has 1 aliphatic rings. The first kappa shape index (κ1) is 13.3. The number of halogens is 4. The number of rotatable bonds is 3. The molecule has 18 heavy (non-hydrogen) atoms. The number of hydrogen-bond donors (Lipinski definition) is 0. The van der Waals surface area contributed by atoms with Crippen LogP contribution in [0.3, 0.4) is 0 Å². The molecule has 0 aliphatic heterocycles. The first-order chi connectivity index (χ1) is 8.09. The van der Waals surface area contributed by atoms with Crippen molar-refractivity contribution in [2.24, 2.45) is 0 Å². The minimum absolute atomic E-state index is 0.438. The molecule has 0 atom stereocenters. The summed E-state index contributed by atoms with van der Waals surface area (Å²) in [7, 11) is -4.62. The van der Waals surface area contributed by atoms with Crippen LogP contribution in [0, 0.1) is 6.92 Å². The Morgan fingerprint density at radius 2 is 1.50 bits per heavy atom. The highest BCUT2D eigenvalue weighted by molar-refractivity contribution is 7.86. The summed E-state index contributed by atoms with van der Waals surface area (Å²) in [6.45, 7) is 1.68. The van der Waals surface area contributed by atoms with E-state index in [1.54, 1.807) is 6.92 Å². The summed E-state index contributed by atoms with van der Waals surface area (Å²) in [6, 6.07) is 5.01. The van der Waals surface area contributed by atoms with Crippen molar-refractivity contribution in [2.45, 2.75) is 29.8 Å². The fourth-order valence-electron chi connectivity index (χ4n) is 1.32. The van der Waals surface area contributed by atoms with Gasteiger partial charge in [0, 0.05) is 0 Å². The Balaban J connectivity index is 2.22. The molecule has 0 radical (unpaired) electrons. The van der Waals surface area contributed by atoms with Crippen molar-refractivity contribution in [1.82, 2.24) is 0 Å². The fourth-order valence-corrected chi connectivity index (χ4v) is 2.40. The van der Waals surface area contributed by atoms with Gasteiger partial charge in [0.15, 0.2) is 0 Å². The second-order valence-electron chi connectivity index (χ2n) is 3.99. The Morgan fingerprint density at radius 1 is 1.06 bits per heavy atom. The van der Waals surface area contributed by atoms with Gasteiger partial charge in [-0.15, -0.1) is 0 Å². The van der Waals surface area contributed by atoms with Crippen molar-refractivity contribution in [3.05, 3.63) is 29.8 Å². The van der Waals surface area contributed by atoms with Gasteiger partial charge in [0.1, 0.15) is 0 Å². The van der Waals surface area contributed by atoms with Crippen molar-refractivity contribution < 1.29 is 30.2 Å². The lowest BCUT2D eigenvalue weighted by Crippen LogP contribution is -2.13. The van der Waals surface area contributed by atoms with E-state index in [1.165, 1.54) is 12.1 Å². The van der Waals surface area contributed by atoms with Gasteiger partial charge in [-0.2, -0.15) is 26.0 Å². The zero-order valence-corrected chi connectivity index (χ0v) is 9.85. The van der Waals surface area contributed by atoms with Gasteiger partial charge in [-0.1, -0.05) is 17.7 Å². The highest BCUT2D eigenvalue weighted by Crippen LogP contribution is 2.59. The van der Waals surface area contributed by atoms with Gasteiger partial charge in [0.2, 0.25) is 6.10 Å². The quantitative estimate of drug-likeness (QED) is 0.632. The van der Waals surface area contributed by atoms with E-state index >= 15 is 0 Å². The van der Waals surface area contributed by atoms with E-state index in [9.17, 15) is 26.0 Å². The van der Waals surface area contributed by atoms with Crippen molar-refractivity contribution in [3.63, 3.8) is 0 Å². The Labute approximate surface area is 100 Å². The van der Waals surface area contributed by atoms with Crippen molar-refractivity contribution in [2.75, 3.05) is 0 Å². The van der Waals surface area contributed by atoms with Gasteiger partial charge < -0.3 is 0 Å². The summed E-state index contributed by atoms with van der Waals surface area (Å²) < 4.78 is 77.0. The van der Waals surface area contributed by atoms with Crippen molar-refractivity contribution >= 4 is 10.1 Å². The molecule has 0 spiro atoms. The molecule has 0 amide bonds. The molecular formula is C10H8F4O3S. The van der Waals surface area contributed by atoms with Gasteiger partial charge in [-0.3, -0.25) is 0 Å². The summed E-state index contributed by atoms with van der Waals surface area (Å²) in [4.78, 5) is -0.438. The van der Waals surface area contributed by atoms with Crippen molar-refractivity contribution in [3.8, 4) is 0 Å². The second-order valence-corrected chi connectivity index (χ2v) is 5.56. The minimum Gasteiger partial charge on any atom is -0.250 e. The van der Waals surface area contributed by atoms with Crippen LogP contribution in [-0.4, -0.2) is 26.4 Å². The molecule has 0 heterocycles. The maximum Gasteiger partial charge on any atom is 0.346 e. The SMILES string of the molecule is Cc1ccc(S(=O)(=O)OC2C(F)(F)C2(F)F)cc1. The molecule has 0 N–H and O–H groups in total. The molecule has 8 heteroatoms. The molecule has 1 aromatic rings. The van der Waals surface area contributed by atoms with E-state index in [0.29, 0.717) is 0 Å². The second kappa shape index (κ2) is 3.67. The van der Waals surface area contributed by atoms with Crippen LogP contribution in [0.15, 0.2) is 29.2 Å². The average Bonchev–Trinajstić information content (AvgIpc) is 2.61. The lowest BCUT2D eigenvalue weighted by Gasteiger charge is -2.04. The topological polar surface area (TPSA) is 43.4 Å². The summed E-state index contributed by atoms with van der Waals surface area (Å²) in [5, 5.41) is 0. The maximum atomic E-state index is 12.5. The molecule has 100 valence electrons. The summed E-state index contributed by atoms with van der Waals surface area (Å²) in [6.07, 6.45) is -2.92. The standard InChI is InChI=1S/C10H8F4O3S/c1-6-2-4-7(5-3-6)18(15,16)17-8-9(11,12)10(8,13)14/h2-5,8H,1H3. The van der Waals surface area contributed by atoms with Gasteiger partial charge in [-0.25, -0.2) is 4.18 Å². The van der Waals surface area contributed by atoms with Crippen LogP contribution in [0.1, 0.15) is 5.56 Å². The third kappa shape index (κ3) is 1.89. The Kier molecular flexibility index (Phi) is 2.71. The predicted molar refractivity (Wildman–Crippen MR) is 53.1 cm³/mol. The highest BCUT2D eigenvalue weighted by atomic mass is 32.2. The monoisotopic (exact) mass is 284 g/mol. The summed E-state index contributed by atoms with van der Waals surface area (Å²) in [5.74, 6) is -8.88. The van der Waals surface area contributed by atoms with Crippen molar-refractivity contribution in [1.29, 1.82) is 0 Å². The number of alkyl halides is 4. The average molecular weight is 284 g/mol. The zero-order chi connectivity index (χ0) is 13.8. The molecular weight excluding hydrogens is 276 g/mol. The van der Waals surface area contributed by atoms with Crippen LogP contribution in [0.25, 0.3) is 0 Å². The van der Waals surface area contributed by atoms with E-state index < -0.39 is 33.0 Å². The fraction of sp³-hybridized carbons (Fsp3) is 0.400. The first-order valence-corrected chi connectivity index (χ1v) is 6.25. The lowest BCUT2D eigenvalue weighted by atomic mass is 10.2. The zero-order valence-electron chi connectivity index (χ0n) is 9.03. The van der Waals surface area contributed by atoms with E-state index in [0.717, 1.165) is 17.7 Å². The van der Waals surface area contributed by atoms with Gasteiger partial charge in [0.05, 0.1) is 4.90 Å². The van der Waals surface area contributed by atoms with E-state index in [2.05, 4.69) is 4.18 Å². The molecule has 1 saturated carbocycles. The number of aryl methyl sites for hydroxylation is 1. The summed E-state index contributed by atoms with van der Waals surface area (Å²) in [5.41, 5.74) is 0.732. The smallest absolute Gasteiger partial charge is 0.250 e. The van der Waals surface area contributed by atoms with Crippen LogP contribution < -0.4 is 0 Å². The third-order valence-corrected chi connectivity index (χ3v) is 3.85.